The Labute approximate surface area is 181 Å². The van der Waals surface area contributed by atoms with Crippen molar-refractivity contribution in [2.24, 2.45) is 0 Å². The molecule has 1 N–H and O–H groups in total. The van der Waals surface area contributed by atoms with Crippen molar-refractivity contribution in [3.8, 4) is 11.3 Å². The minimum atomic E-state index is 0. The Kier molecular flexibility index (Phi) is 7.01. The molecule has 3 aromatic carbocycles. The number of halogens is 1. The van der Waals surface area contributed by atoms with Gasteiger partial charge in [-0.3, -0.25) is 0 Å². The van der Waals surface area contributed by atoms with Gasteiger partial charge in [0, 0.05) is 17.4 Å². The molecule has 4 aromatic rings. The number of hydrogen-bond donors (Lipinski definition) is 1. The van der Waals surface area contributed by atoms with Gasteiger partial charge in [-0.25, -0.2) is 9.88 Å². The molecular formula is C24H23BrN2S. The van der Waals surface area contributed by atoms with Crippen LogP contribution in [0.5, 0.6) is 0 Å². The summed E-state index contributed by atoms with van der Waals surface area (Å²) in [6.07, 6.45) is 1.00. The molecular weight excluding hydrogens is 428 g/mol. The molecule has 0 fully saturated rings. The maximum Gasteiger partial charge on any atom is 0.339 e. The van der Waals surface area contributed by atoms with Gasteiger partial charge in [0.25, 0.3) is 0 Å². The molecule has 0 spiro atoms. The monoisotopic (exact) mass is 450 g/mol. The maximum absolute atomic E-state index is 3.59. The standard InChI is InChI=1S/C24H22N2S.BrH/c1-19-12-14-21(15-13-19)23-18-27-24(25-22-10-6-3-7-11-22)26(23)17-16-20-8-4-2-5-9-20;/h2-15,18H,16-17H2,1H3;1H. The van der Waals surface area contributed by atoms with Crippen molar-refractivity contribution in [2.45, 2.75) is 19.9 Å². The molecule has 142 valence electrons. The van der Waals surface area contributed by atoms with Gasteiger partial charge in [-0.05, 0) is 24.6 Å². The number of para-hydroxylation sites is 1. The van der Waals surface area contributed by atoms with Crippen molar-refractivity contribution in [1.29, 1.82) is 0 Å². The Hall–Kier alpha value is -2.43. The zero-order valence-electron chi connectivity index (χ0n) is 15.8. The molecule has 4 rings (SSSR count). The van der Waals surface area contributed by atoms with E-state index in [1.165, 1.54) is 22.4 Å². The number of aromatic nitrogens is 1. The van der Waals surface area contributed by atoms with Crippen LogP contribution in [0.2, 0.25) is 0 Å². The lowest BCUT2D eigenvalue weighted by molar-refractivity contribution is -0.667. The second kappa shape index (κ2) is 9.67. The van der Waals surface area contributed by atoms with Gasteiger partial charge >= 0.3 is 5.13 Å². The zero-order chi connectivity index (χ0) is 18.5. The minimum absolute atomic E-state index is 0. The van der Waals surface area contributed by atoms with Gasteiger partial charge in [0.1, 0.15) is 11.4 Å². The highest BCUT2D eigenvalue weighted by Gasteiger charge is 2.19. The number of benzene rings is 3. The fraction of sp³-hybridized carbons (Fsp3) is 0.125. The first-order valence-corrected chi connectivity index (χ1v) is 10.1. The predicted molar refractivity (Wildman–Crippen MR) is 115 cm³/mol. The fourth-order valence-electron chi connectivity index (χ4n) is 3.15. The van der Waals surface area contributed by atoms with Crippen LogP contribution in [-0.2, 0) is 13.0 Å². The van der Waals surface area contributed by atoms with E-state index in [4.69, 9.17) is 0 Å². The molecule has 2 nitrogen and oxygen atoms in total. The second-order valence-electron chi connectivity index (χ2n) is 6.67. The molecule has 0 saturated heterocycles. The highest BCUT2D eigenvalue weighted by Crippen LogP contribution is 2.26. The van der Waals surface area contributed by atoms with E-state index in [9.17, 15) is 0 Å². The van der Waals surface area contributed by atoms with Crippen LogP contribution in [0.15, 0.2) is 90.3 Å². The van der Waals surface area contributed by atoms with Crippen LogP contribution in [0, 0.1) is 6.92 Å². The molecule has 0 atom stereocenters. The van der Waals surface area contributed by atoms with Gasteiger partial charge in [-0.1, -0.05) is 89.7 Å². The number of hydrogen-bond acceptors (Lipinski definition) is 2. The maximum atomic E-state index is 3.59. The van der Waals surface area contributed by atoms with Crippen molar-refractivity contribution >= 4 is 22.2 Å². The van der Waals surface area contributed by atoms with Crippen molar-refractivity contribution in [3.63, 3.8) is 0 Å². The van der Waals surface area contributed by atoms with Crippen molar-refractivity contribution in [1.82, 2.24) is 0 Å². The lowest BCUT2D eigenvalue weighted by Gasteiger charge is -2.07. The Morgan fingerprint density at radius 2 is 1.46 bits per heavy atom. The molecule has 0 aliphatic rings. The van der Waals surface area contributed by atoms with E-state index in [2.05, 4.69) is 101 Å². The number of nitrogens with one attached hydrogen (secondary N) is 1. The van der Waals surface area contributed by atoms with E-state index < -0.39 is 0 Å². The molecule has 0 bridgehead atoms. The summed E-state index contributed by atoms with van der Waals surface area (Å²) in [5.74, 6) is 0. The van der Waals surface area contributed by atoms with E-state index >= 15 is 0 Å². The van der Waals surface area contributed by atoms with Gasteiger partial charge in [0.2, 0.25) is 0 Å². The molecule has 0 unspecified atom stereocenters. The smallest absolute Gasteiger partial charge is 0.339 e. The van der Waals surface area contributed by atoms with E-state index in [0.717, 1.165) is 23.8 Å². The average molecular weight is 451 g/mol. The van der Waals surface area contributed by atoms with E-state index in [1.54, 1.807) is 11.3 Å². The van der Waals surface area contributed by atoms with Crippen LogP contribution < -0.4 is 26.9 Å². The third-order valence-electron chi connectivity index (χ3n) is 4.66. The van der Waals surface area contributed by atoms with Crippen molar-refractivity contribution < 1.29 is 21.5 Å². The van der Waals surface area contributed by atoms with Gasteiger partial charge in [-0.15, -0.1) is 0 Å². The van der Waals surface area contributed by atoms with Crippen LogP contribution in [-0.4, -0.2) is 0 Å². The topological polar surface area (TPSA) is 15.9 Å². The number of anilines is 2. The van der Waals surface area contributed by atoms with Crippen LogP contribution in [0.4, 0.5) is 10.8 Å². The van der Waals surface area contributed by atoms with Crippen molar-refractivity contribution in [3.05, 3.63) is 101 Å². The van der Waals surface area contributed by atoms with Gasteiger partial charge < -0.3 is 17.0 Å². The van der Waals surface area contributed by atoms with Crippen molar-refractivity contribution in [2.75, 3.05) is 5.32 Å². The van der Waals surface area contributed by atoms with Gasteiger partial charge in [-0.2, -0.15) is 0 Å². The lowest BCUT2D eigenvalue weighted by Crippen LogP contribution is -3.00. The van der Waals surface area contributed by atoms with Crippen LogP contribution >= 0.6 is 11.3 Å². The first kappa shape index (κ1) is 20.3. The van der Waals surface area contributed by atoms with Gasteiger partial charge in [0.05, 0.1) is 6.54 Å². The molecule has 0 radical (unpaired) electrons. The Morgan fingerprint density at radius 3 is 2.14 bits per heavy atom. The third kappa shape index (κ3) is 4.89. The van der Waals surface area contributed by atoms with E-state index in [-0.39, 0.29) is 17.0 Å². The lowest BCUT2D eigenvalue weighted by atomic mass is 10.1. The van der Waals surface area contributed by atoms with Crippen LogP contribution in [0.3, 0.4) is 0 Å². The molecule has 1 heterocycles. The fourth-order valence-corrected chi connectivity index (χ4v) is 4.13. The molecule has 4 heteroatoms. The highest BCUT2D eigenvalue weighted by atomic mass is 79.9. The number of rotatable bonds is 6. The third-order valence-corrected chi connectivity index (χ3v) is 5.54. The Morgan fingerprint density at radius 1 is 0.821 bits per heavy atom. The summed E-state index contributed by atoms with van der Waals surface area (Å²) in [4.78, 5) is 0. The Balaban J connectivity index is 0.00000225. The van der Waals surface area contributed by atoms with E-state index in [0.29, 0.717) is 0 Å². The molecule has 0 saturated carbocycles. The average Bonchev–Trinajstić information content (AvgIpc) is 3.11. The largest absolute Gasteiger partial charge is 1.00 e. The normalized spacial score (nSPS) is 10.3. The van der Waals surface area contributed by atoms with Crippen LogP contribution in [0.25, 0.3) is 11.3 Å². The summed E-state index contributed by atoms with van der Waals surface area (Å²) in [5.41, 5.74) is 6.27. The summed E-state index contributed by atoms with van der Waals surface area (Å²) in [6, 6.07) is 29.8. The summed E-state index contributed by atoms with van der Waals surface area (Å²) in [5, 5.41) is 7.00. The summed E-state index contributed by atoms with van der Waals surface area (Å²) >= 11 is 1.76. The summed E-state index contributed by atoms with van der Waals surface area (Å²) < 4.78 is 2.40. The van der Waals surface area contributed by atoms with E-state index in [1.807, 2.05) is 6.07 Å². The van der Waals surface area contributed by atoms with Crippen LogP contribution in [0.1, 0.15) is 11.1 Å². The number of aryl methyl sites for hydroxylation is 2. The molecule has 0 aliphatic carbocycles. The summed E-state index contributed by atoms with van der Waals surface area (Å²) in [6.45, 7) is 3.06. The van der Waals surface area contributed by atoms with Gasteiger partial charge in [0.15, 0.2) is 0 Å². The second-order valence-corrected chi connectivity index (χ2v) is 7.53. The molecule has 1 aromatic heterocycles. The highest BCUT2D eigenvalue weighted by molar-refractivity contribution is 7.13. The Bertz CT molecular complexity index is 996. The molecule has 28 heavy (non-hydrogen) atoms. The number of thiazole rings is 1. The molecule has 0 aliphatic heterocycles. The predicted octanol–water partition coefficient (Wildman–Crippen LogP) is 3.00. The molecule has 0 amide bonds. The SMILES string of the molecule is Cc1ccc(-c2csc(Nc3ccccc3)[n+]2CCc2ccccc2)cc1.[Br-]. The first-order valence-electron chi connectivity index (χ1n) is 9.24. The quantitative estimate of drug-likeness (QED) is 0.446. The first-order chi connectivity index (χ1) is 13.3. The summed E-state index contributed by atoms with van der Waals surface area (Å²) in [7, 11) is 0. The minimum Gasteiger partial charge on any atom is -1.00 e. The number of nitrogens with zero attached hydrogens (tertiary/aromatic N) is 1. The zero-order valence-corrected chi connectivity index (χ0v) is 18.2.